The molecule has 3 amide bonds. The highest BCUT2D eigenvalue weighted by molar-refractivity contribution is 5.99. The summed E-state index contributed by atoms with van der Waals surface area (Å²) >= 11 is 0. The van der Waals surface area contributed by atoms with Gasteiger partial charge in [0, 0.05) is 42.5 Å². The van der Waals surface area contributed by atoms with Gasteiger partial charge in [-0.2, -0.15) is 5.10 Å². The maximum atomic E-state index is 14.8. The molecule has 0 unspecified atom stereocenters. The van der Waals surface area contributed by atoms with Crippen molar-refractivity contribution in [3.8, 4) is 17.2 Å². The molecule has 3 N–H and O–H groups in total. The van der Waals surface area contributed by atoms with Crippen LogP contribution in [0.25, 0.3) is 5.69 Å². The van der Waals surface area contributed by atoms with E-state index in [0.29, 0.717) is 5.82 Å². The Hall–Kier alpha value is -4.73. The fourth-order valence-corrected chi connectivity index (χ4v) is 3.90. The zero-order chi connectivity index (χ0) is 28.3. The number of carbonyl (C=O) groups excluding carboxylic acids is 2. The van der Waals surface area contributed by atoms with Crippen molar-refractivity contribution >= 4 is 23.4 Å². The minimum atomic E-state index is -0.693. The summed E-state index contributed by atoms with van der Waals surface area (Å²) in [6.07, 6.45) is 1.39. The molecule has 2 heterocycles. The molecule has 0 saturated heterocycles. The number of carbonyl (C=O) groups is 2. The van der Waals surface area contributed by atoms with Gasteiger partial charge in [0.2, 0.25) is 0 Å². The molecule has 0 aliphatic rings. The number of aromatic nitrogens is 3. The maximum absolute atomic E-state index is 14.8. The van der Waals surface area contributed by atoms with E-state index < -0.39 is 11.8 Å². The number of urea groups is 1. The average Bonchev–Trinajstić information content (AvgIpc) is 3.29. The van der Waals surface area contributed by atoms with Crippen molar-refractivity contribution in [2.45, 2.75) is 40.0 Å². The van der Waals surface area contributed by atoms with Crippen LogP contribution in [-0.2, 0) is 5.41 Å². The van der Waals surface area contributed by atoms with Gasteiger partial charge in [0.1, 0.15) is 17.3 Å². The van der Waals surface area contributed by atoms with Gasteiger partial charge < -0.3 is 15.4 Å². The van der Waals surface area contributed by atoms with Gasteiger partial charge in [0.05, 0.1) is 11.4 Å². The van der Waals surface area contributed by atoms with Crippen LogP contribution in [0.15, 0.2) is 60.8 Å². The minimum absolute atomic E-state index is 0.0715. The largest absolute Gasteiger partial charge is 0.454 e. The van der Waals surface area contributed by atoms with Crippen molar-refractivity contribution in [1.29, 1.82) is 0 Å². The van der Waals surface area contributed by atoms with Crippen LogP contribution in [0.2, 0.25) is 0 Å². The van der Waals surface area contributed by atoms with Crippen LogP contribution in [0.5, 0.6) is 11.5 Å². The normalized spacial score (nSPS) is 11.2. The molecule has 0 fully saturated rings. The number of benzene rings is 2. The minimum Gasteiger partial charge on any atom is -0.454 e. The Bertz CT molecular complexity index is 1520. The second kappa shape index (κ2) is 10.9. The van der Waals surface area contributed by atoms with Crippen LogP contribution < -0.4 is 20.7 Å². The molecule has 39 heavy (non-hydrogen) atoms. The first kappa shape index (κ1) is 27.3. The van der Waals surface area contributed by atoms with Crippen LogP contribution in [0.3, 0.4) is 0 Å². The fraction of sp³-hybridized carbons (Fsp3) is 0.241. The molecule has 0 aliphatic heterocycles. The summed E-state index contributed by atoms with van der Waals surface area (Å²) in [4.78, 5) is 28.7. The number of nitrogens with zero attached hydrogens (tertiary/aromatic N) is 3. The zero-order valence-electron chi connectivity index (χ0n) is 22.7. The van der Waals surface area contributed by atoms with Crippen LogP contribution in [-0.4, -0.2) is 33.8 Å². The molecule has 9 nitrogen and oxygen atoms in total. The van der Waals surface area contributed by atoms with E-state index in [4.69, 9.17) is 9.84 Å². The molecule has 2 aromatic heterocycles. The lowest BCUT2D eigenvalue weighted by Gasteiger charge is -2.14. The summed E-state index contributed by atoms with van der Waals surface area (Å²) in [5.74, 6) is -0.429. The smallest absolute Gasteiger partial charge is 0.324 e. The molecule has 0 bridgehead atoms. The third-order valence-corrected chi connectivity index (χ3v) is 5.78. The monoisotopic (exact) mass is 530 g/mol. The van der Waals surface area contributed by atoms with E-state index in [2.05, 4.69) is 27.0 Å². The average molecular weight is 531 g/mol. The number of anilines is 2. The van der Waals surface area contributed by atoms with E-state index in [9.17, 15) is 14.0 Å². The van der Waals surface area contributed by atoms with Gasteiger partial charge in [-0.3, -0.25) is 15.1 Å². The maximum Gasteiger partial charge on any atom is 0.324 e. The van der Waals surface area contributed by atoms with Crippen molar-refractivity contribution in [3.63, 3.8) is 0 Å². The number of amides is 3. The van der Waals surface area contributed by atoms with Gasteiger partial charge in [-0.05, 0) is 55.3 Å². The summed E-state index contributed by atoms with van der Waals surface area (Å²) in [6, 6.07) is 14.3. The first-order valence-corrected chi connectivity index (χ1v) is 12.4. The molecule has 0 saturated carbocycles. The summed E-state index contributed by atoms with van der Waals surface area (Å²) in [6.45, 7) is 10.1. The molecule has 0 spiro atoms. The summed E-state index contributed by atoms with van der Waals surface area (Å²) in [5, 5.41) is 12.7. The molecule has 0 atom stereocenters. The summed E-state index contributed by atoms with van der Waals surface area (Å²) < 4.78 is 22.1. The van der Waals surface area contributed by atoms with Gasteiger partial charge >= 0.3 is 6.03 Å². The van der Waals surface area contributed by atoms with Gasteiger partial charge in [0.15, 0.2) is 11.6 Å². The lowest BCUT2D eigenvalue weighted by molar-refractivity contribution is 0.0957. The third-order valence-electron chi connectivity index (χ3n) is 5.78. The van der Waals surface area contributed by atoms with Gasteiger partial charge in [-0.1, -0.05) is 26.8 Å². The predicted molar refractivity (Wildman–Crippen MR) is 148 cm³/mol. The Kier molecular flexibility index (Phi) is 7.66. The Morgan fingerprint density at radius 3 is 2.31 bits per heavy atom. The van der Waals surface area contributed by atoms with Crippen LogP contribution in [0.4, 0.5) is 20.7 Å². The van der Waals surface area contributed by atoms with Gasteiger partial charge in [-0.25, -0.2) is 13.9 Å². The zero-order valence-corrected chi connectivity index (χ0v) is 22.7. The van der Waals surface area contributed by atoms with E-state index in [-0.39, 0.29) is 34.2 Å². The molecule has 2 aromatic carbocycles. The van der Waals surface area contributed by atoms with Crippen molar-refractivity contribution in [1.82, 2.24) is 20.1 Å². The molecule has 202 valence electrons. The number of hydrogen-bond donors (Lipinski definition) is 3. The second-order valence-electron chi connectivity index (χ2n) is 10.2. The standard InChI is InChI=1S/C29H31FN6O3/c1-17-11-18(2)13-20(12-17)36-26(16-25(35-36)29(3,4)5)34-28(38)33-19-7-8-24(22(30)14-19)39-21-9-10-32-23(15-21)27(37)31-6/h7-16H,1-6H3,(H,31,37)(H2,33,34,38). The first-order valence-electron chi connectivity index (χ1n) is 12.4. The van der Waals surface area contributed by atoms with Crippen molar-refractivity contribution in [3.05, 3.63) is 89.1 Å². The molecule has 10 heteroatoms. The number of aryl methyl sites for hydroxylation is 2. The van der Waals surface area contributed by atoms with E-state index >= 15 is 0 Å². The summed E-state index contributed by atoms with van der Waals surface area (Å²) in [5.41, 5.74) is 3.89. The quantitative estimate of drug-likeness (QED) is 0.278. The number of nitrogens with one attached hydrogen (secondary N) is 3. The predicted octanol–water partition coefficient (Wildman–Crippen LogP) is 6.12. The number of ether oxygens (including phenoxy) is 1. The Balaban J connectivity index is 1.52. The number of rotatable bonds is 6. The lowest BCUT2D eigenvalue weighted by atomic mass is 9.92. The highest BCUT2D eigenvalue weighted by Crippen LogP contribution is 2.29. The van der Waals surface area contributed by atoms with Crippen molar-refractivity contribution < 1.29 is 18.7 Å². The lowest BCUT2D eigenvalue weighted by Crippen LogP contribution is -2.21. The Labute approximate surface area is 226 Å². The van der Waals surface area contributed by atoms with E-state index in [0.717, 1.165) is 28.6 Å². The number of pyridine rings is 1. The molecular weight excluding hydrogens is 499 g/mol. The SMILES string of the molecule is CNC(=O)c1cc(Oc2ccc(NC(=O)Nc3cc(C(C)(C)C)nn3-c3cc(C)cc(C)c3)cc2F)ccn1. The Morgan fingerprint density at radius 2 is 1.67 bits per heavy atom. The second-order valence-corrected chi connectivity index (χ2v) is 10.2. The van der Waals surface area contributed by atoms with Crippen LogP contribution >= 0.6 is 0 Å². The van der Waals surface area contributed by atoms with E-state index in [1.807, 2.05) is 52.8 Å². The highest BCUT2D eigenvalue weighted by atomic mass is 19.1. The van der Waals surface area contributed by atoms with Crippen LogP contribution in [0, 0.1) is 19.7 Å². The van der Waals surface area contributed by atoms with Crippen molar-refractivity contribution in [2.24, 2.45) is 0 Å². The van der Waals surface area contributed by atoms with Crippen molar-refractivity contribution in [2.75, 3.05) is 17.7 Å². The number of halogens is 1. The van der Waals surface area contributed by atoms with E-state index in [1.165, 1.54) is 37.5 Å². The fourth-order valence-electron chi connectivity index (χ4n) is 3.90. The van der Waals surface area contributed by atoms with Crippen LogP contribution in [0.1, 0.15) is 48.1 Å². The molecular formula is C29H31FN6O3. The van der Waals surface area contributed by atoms with E-state index in [1.54, 1.807) is 4.68 Å². The molecule has 4 aromatic rings. The Morgan fingerprint density at radius 1 is 0.949 bits per heavy atom. The van der Waals surface area contributed by atoms with Gasteiger partial charge in [0.25, 0.3) is 5.91 Å². The molecule has 0 aliphatic carbocycles. The highest BCUT2D eigenvalue weighted by Gasteiger charge is 2.22. The van der Waals surface area contributed by atoms with Gasteiger partial charge in [-0.15, -0.1) is 0 Å². The topological polar surface area (TPSA) is 110 Å². The first-order chi connectivity index (χ1) is 18.4. The number of hydrogen-bond acceptors (Lipinski definition) is 5. The third kappa shape index (κ3) is 6.59. The molecule has 0 radical (unpaired) electrons. The summed E-state index contributed by atoms with van der Waals surface area (Å²) in [7, 11) is 1.49. The molecule has 4 rings (SSSR count).